The molecule has 0 spiro atoms. The van der Waals surface area contributed by atoms with Gasteiger partial charge in [-0.25, -0.2) is 8.42 Å². The molecule has 6 nitrogen and oxygen atoms in total. The van der Waals surface area contributed by atoms with Crippen molar-refractivity contribution in [2.75, 3.05) is 11.8 Å². The van der Waals surface area contributed by atoms with E-state index >= 15 is 0 Å². The van der Waals surface area contributed by atoms with Gasteiger partial charge in [-0.05, 0) is 36.4 Å². The number of methoxy groups -OCH3 is 1. The number of hydrogen-bond acceptors (Lipinski definition) is 5. The van der Waals surface area contributed by atoms with E-state index < -0.39 is 10.0 Å². The first kappa shape index (κ1) is 16.4. The Bertz CT molecular complexity index is 956. The van der Waals surface area contributed by atoms with Crippen LogP contribution in [-0.4, -0.2) is 20.5 Å². The minimum atomic E-state index is -3.89. The lowest BCUT2D eigenvalue weighted by Crippen LogP contribution is -2.14. The number of ether oxygens (including phenoxy) is 1. The third-order valence-corrected chi connectivity index (χ3v) is 4.85. The minimum Gasteiger partial charge on any atom is -0.495 e. The minimum absolute atomic E-state index is 0.0547. The van der Waals surface area contributed by atoms with Crippen molar-refractivity contribution in [3.8, 4) is 17.1 Å². The van der Waals surface area contributed by atoms with Gasteiger partial charge in [0.25, 0.3) is 10.0 Å². The summed E-state index contributed by atoms with van der Waals surface area (Å²) in [7, 11) is -2.50. The molecule has 0 fully saturated rings. The maximum atomic E-state index is 12.6. The molecule has 0 saturated heterocycles. The SMILES string of the molecule is COc1ccc(Cl)cc1S(=O)(=O)Nc1cncc(-c2ccco2)c1. The number of aromatic nitrogens is 1. The number of rotatable bonds is 5. The summed E-state index contributed by atoms with van der Waals surface area (Å²) in [6.07, 6.45) is 4.51. The molecule has 0 aliphatic rings. The van der Waals surface area contributed by atoms with Gasteiger partial charge in [0.2, 0.25) is 0 Å². The highest BCUT2D eigenvalue weighted by Gasteiger charge is 2.20. The number of benzene rings is 1. The Balaban J connectivity index is 1.96. The number of halogens is 1. The molecule has 0 radical (unpaired) electrons. The van der Waals surface area contributed by atoms with Crippen LogP contribution in [0.3, 0.4) is 0 Å². The fourth-order valence-electron chi connectivity index (χ4n) is 2.14. The van der Waals surface area contributed by atoms with Crippen molar-refractivity contribution in [2.24, 2.45) is 0 Å². The van der Waals surface area contributed by atoms with E-state index in [0.717, 1.165) is 0 Å². The molecule has 0 atom stereocenters. The zero-order valence-electron chi connectivity index (χ0n) is 12.6. The summed E-state index contributed by atoms with van der Waals surface area (Å²) in [5.41, 5.74) is 0.948. The van der Waals surface area contributed by atoms with Crippen molar-refractivity contribution in [3.05, 3.63) is 60.1 Å². The van der Waals surface area contributed by atoms with Crippen LogP contribution in [0, 0.1) is 0 Å². The van der Waals surface area contributed by atoms with E-state index in [2.05, 4.69) is 9.71 Å². The molecule has 24 heavy (non-hydrogen) atoms. The molecule has 124 valence electrons. The second-order valence-electron chi connectivity index (χ2n) is 4.84. The molecule has 3 rings (SSSR count). The fourth-order valence-corrected chi connectivity index (χ4v) is 3.61. The monoisotopic (exact) mass is 364 g/mol. The zero-order valence-corrected chi connectivity index (χ0v) is 14.1. The summed E-state index contributed by atoms with van der Waals surface area (Å²) in [6.45, 7) is 0. The van der Waals surface area contributed by atoms with Gasteiger partial charge in [0.15, 0.2) is 0 Å². The molecule has 0 aliphatic heterocycles. The van der Waals surface area contributed by atoms with Crippen LogP contribution in [0.5, 0.6) is 5.75 Å². The van der Waals surface area contributed by atoms with Gasteiger partial charge >= 0.3 is 0 Å². The number of nitrogens with one attached hydrogen (secondary N) is 1. The van der Waals surface area contributed by atoms with E-state index in [0.29, 0.717) is 22.0 Å². The Labute approximate surface area is 144 Å². The maximum Gasteiger partial charge on any atom is 0.265 e. The number of nitrogens with zero attached hydrogens (tertiary/aromatic N) is 1. The molecule has 0 unspecified atom stereocenters. The first-order valence-electron chi connectivity index (χ1n) is 6.85. The smallest absolute Gasteiger partial charge is 0.265 e. The summed E-state index contributed by atoms with van der Waals surface area (Å²) in [5.74, 6) is 0.783. The Kier molecular flexibility index (Phi) is 4.46. The molecule has 0 amide bonds. The number of anilines is 1. The van der Waals surface area contributed by atoms with Gasteiger partial charge in [0.05, 0.1) is 25.3 Å². The average molecular weight is 365 g/mol. The summed E-state index contributed by atoms with van der Waals surface area (Å²) >= 11 is 5.90. The van der Waals surface area contributed by atoms with E-state index in [4.69, 9.17) is 20.8 Å². The summed E-state index contributed by atoms with van der Waals surface area (Å²) in [5, 5.41) is 0.290. The van der Waals surface area contributed by atoms with Crippen LogP contribution in [-0.2, 0) is 10.0 Å². The van der Waals surface area contributed by atoms with E-state index in [1.807, 2.05) is 0 Å². The topological polar surface area (TPSA) is 81.4 Å². The van der Waals surface area contributed by atoms with Gasteiger partial charge in [-0.1, -0.05) is 11.6 Å². The van der Waals surface area contributed by atoms with Gasteiger partial charge in [-0.3, -0.25) is 9.71 Å². The number of furan rings is 1. The molecule has 8 heteroatoms. The second kappa shape index (κ2) is 6.54. The highest BCUT2D eigenvalue weighted by atomic mass is 35.5. The molecular weight excluding hydrogens is 352 g/mol. The van der Waals surface area contributed by atoms with Crippen molar-refractivity contribution >= 4 is 27.3 Å². The van der Waals surface area contributed by atoms with Crippen LogP contribution in [0.2, 0.25) is 5.02 Å². The Morgan fingerprint density at radius 2 is 2.04 bits per heavy atom. The fraction of sp³-hybridized carbons (Fsp3) is 0.0625. The Hall–Kier alpha value is -2.51. The molecule has 2 aromatic heterocycles. The summed E-state index contributed by atoms with van der Waals surface area (Å²) in [4.78, 5) is 3.98. The lowest BCUT2D eigenvalue weighted by atomic mass is 10.2. The van der Waals surface area contributed by atoms with Crippen LogP contribution in [0.1, 0.15) is 0 Å². The van der Waals surface area contributed by atoms with Gasteiger partial charge in [-0.2, -0.15) is 0 Å². The number of hydrogen-bond donors (Lipinski definition) is 1. The van der Waals surface area contributed by atoms with Crippen molar-refractivity contribution < 1.29 is 17.6 Å². The van der Waals surface area contributed by atoms with Crippen LogP contribution in [0.15, 0.2) is 64.4 Å². The predicted octanol–water partition coefficient (Wildman–Crippen LogP) is 3.80. The van der Waals surface area contributed by atoms with Crippen LogP contribution in [0.25, 0.3) is 11.3 Å². The molecule has 1 aromatic carbocycles. The second-order valence-corrected chi connectivity index (χ2v) is 6.93. The van der Waals surface area contributed by atoms with Crippen LogP contribution < -0.4 is 9.46 Å². The normalized spacial score (nSPS) is 11.2. The molecule has 2 heterocycles. The first-order valence-corrected chi connectivity index (χ1v) is 8.71. The average Bonchev–Trinajstić information content (AvgIpc) is 3.09. The molecular formula is C16H13ClN2O4S. The standard InChI is InChI=1S/C16H13ClN2O4S/c1-22-15-5-4-12(17)8-16(15)24(20,21)19-13-7-11(9-18-10-13)14-3-2-6-23-14/h2-10,19H,1H3. The highest BCUT2D eigenvalue weighted by molar-refractivity contribution is 7.92. The van der Waals surface area contributed by atoms with Crippen molar-refractivity contribution in [3.63, 3.8) is 0 Å². The van der Waals surface area contributed by atoms with Crippen molar-refractivity contribution in [1.82, 2.24) is 4.98 Å². The van der Waals surface area contributed by atoms with Crippen molar-refractivity contribution in [1.29, 1.82) is 0 Å². The third kappa shape index (κ3) is 3.37. The quantitative estimate of drug-likeness (QED) is 0.744. The Morgan fingerprint density at radius 3 is 2.75 bits per heavy atom. The highest BCUT2D eigenvalue weighted by Crippen LogP contribution is 2.29. The molecule has 0 saturated carbocycles. The van der Waals surface area contributed by atoms with Crippen molar-refractivity contribution in [2.45, 2.75) is 4.90 Å². The predicted molar refractivity (Wildman–Crippen MR) is 90.8 cm³/mol. The zero-order chi connectivity index (χ0) is 17.2. The summed E-state index contributed by atoms with van der Waals surface area (Å²) in [6, 6.07) is 9.50. The van der Waals surface area contributed by atoms with Crippen LogP contribution >= 0.6 is 11.6 Å². The number of pyridine rings is 1. The maximum absolute atomic E-state index is 12.6. The van der Waals surface area contributed by atoms with Gasteiger partial charge < -0.3 is 9.15 Å². The molecule has 0 aliphatic carbocycles. The molecule has 1 N–H and O–H groups in total. The number of sulfonamides is 1. The third-order valence-electron chi connectivity index (χ3n) is 3.21. The molecule has 0 bridgehead atoms. The lowest BCUT2D eigenvalue weighted by Gasteiger charge is -2.12. The van der Waals surface area contributed by atoms with E-state index in [1.165, 1.54) is 31.7 Å². The largest absolute Gasteiger partial charge is 0.495 e. The van der Waals surface area contributed by atoms with Gasteiger partial charge in [-0.15, -0.1) is 0 Å². The first-order chi connectivity index (χ1) is 11.5. The summed E-state index contributed by atoms with van der Waals surface area (Å²) < 4.78 is 38.1. The van der Waals surface area contributed by atoms with Gasteiger partial charge in [0.1, 0.15) is 16.4 Å². The van der Waals surface area contributed by atoms with Crippen LogP contribution in [0.4, 0.5) is 5.69 Å². The Morgan fingerprint density at radius 1 is 1.21 bits per heavy atom. The molecule has 3 aromatic rings. The lowest BCUT2D eigenvalue weighted by molar-refractivity contribution is 0.403. The van der Waals surface area contributed by atoms with Gasteiger partial charge in [0, 0.05) is 16.8 Å². The van der Waals surface area contributed by atoms with E-state index in [9.17, 15) is 8.42 Å². The van der Waals surface area contributed by atoms with E-state index in [-0.39, 0.29) is 10.6 Å². The van der Waals surface area contributed by atoms with E-state index in [1.54, 1.807) is 30.5 Å².